The smallest absolute Gasteiger partial charge is 0.0139 e. The second-order valence-electron chi connectivity index (χ2n) is 8.40. The molecule has 3 aliphatic rings. The molecular weight excluding hydrogens is 242 g/mol. The highest BCUT2D eigenvalue weighted by Crippen LogP contribution is 2.65. The quantitative estimate of drug-likeness (QED) is 0.664. The predicted octanol–water partition coefficient (Wildman–Crippen LogP) is 4.88. The number of nitrogens with zero attached hydrogens (tertiary/aromatic N) is 1. The van der Waals surface area contributed by atoms with Gasteiger partial charge in [-0.1, -0.05) is 38.8 Å². The lowest BCUT2D eigenvalue weighted by Gasteiger charge is -2.44. The van der Waals surface area contributed by atoms with Crippen LogP contribution in [0.4, 0.5) is 0 Å². The minimum Gasteiger partial charge on any atom is -0.298 e. The molecule has 0 amide bonds. The van der Waals surface area contributed by atoms with Crippen LogP contribution in [0.2, 0.25) is 0 Å². The molecule has 2 fully saturated rings. The van der Waals surface area contributed by atoms with Crippen LogP contribution in [0.3, 0.4) is 0 Å². The van der Waals surface area contributed by atoms with Gasteiger partial charge in [-0.25, -0.2) is 0 Å². The molecule has 1 spiro atoms. The topological polar surface area (TPSA) is 3.24 Å². The zero-order valence-electron chi connectivity index (χ0n) is 14.4. The minimum atomic E-state index is 0.601. The van der Waals surface area contributed by atoms with Gasteiger partial charge in [0.25, 0.3) is 0 Å². The van der Waals surface area contributed by atoms with Gasteiger partial charge in [-0.15, -0.1) is 0 Å². The molecule has 0 unspecified atom stereocenters. The lowest BCUT2D eigenvalue weighted by Crippen LogP contribution is -2.45. The molecule has 0 bridgehead atoms. The highest BCUT2D eigenvalue weighted by molar-refractivity contribution is 5.36. The lowest BCUT2D eigenvalue weighted by molar-refractivity contribution is 0.0926. The van der Waals surface area contributed by atoms with E-state index >= 15 is 0 Å². The number of fused-ring (bicyclic) bond motifs is 2. The molecule has 20 heavy (non-hydrogen) atoms. The number of hydrogen-bond donors (Lipinski definition) is 0. The van der Waals surface area contributed by atoms with Crippen molar-refractivity contribution in [3.8, 4) is 0 Å². The Balaban J connectivity index is 1.91. The average molecular weight is 275 g/mol. The van der Waals surface area contributed by atoms with Crippen molar-refractivity contribution in [1.82, 2.24) is 4.90 Å². The molecule has 1 nitrogen and oxygen atoms in total. The summed E-state index contributed by atoms with van der Waals surface area (Å²) in [5.74, 6) is 2.49. The highest BCUT2D eigenvalue weighted by atomic mass is 15.2. The Morgan fingerprint density at radius 2 is 1.70 bits per heavy atom. The van der Waals surface area contributed by atoms with E-state index in [1.54, 1.807) is 0 Å². The molecule has 0 aromatic rings. The van der Waals surface area contributed by atoms with Gasteiger partial charge in [0.15, 0.2) is 0 Å². The van der Waals surface area contributed by atoms with Gasteiger partial charge in [0.05, 0.1) is 0 Å². The van der Waals surface area contributed by atoms with Crippen LogP contribution >= 0.6 is 0 Å². The third-order valence-electron chi connectivity index (χ3n) is 6.37. The van der Waals surface area contributed by atoms with Crippen molar-refractivity contribution in [3.05, 3.63) is 11.1 Å². The summed E-state index contributed by atoms with van der Waals surface area (Å²) in [6.07, 6.45) is 5.74. The fourth-order valence-corrected chi connectivity index (χ4v) is 5.60. The van der Waals surface area contributed by atoms with Gasteiger partial charge >= 0.3 is 0 Å². The first kappa shape index (κ1) is 14.6. The second kappa shape index (κ2) is 4.87. The normalized spacial score (nSPS) is 37.6. The fraction of sp³-hybridized carbons (Fsp3) is 0.895. The summed E-state index contributed by atoms with van der Waals surface area (Å²) in [7, 11) is 0. The number of likely N-dealkylation sites (tertiary alicyclic amines) is 1. The molecule has 3 rings (SSSR count). The number of allylic oxidation sites excluding steroid dienone is 2. The van der Waals surface area contributed by atoms with Gasteiger partial charge in [0.2, 0.25) is 0 Å². The molecule has 1 heterocycles. The maximum absolute atomic E-state index is 2.78. The zero-order valence-corrected chi connectivity index (χ0v) is 14.4. The fourth-order valence-electron chi connectivity index (χ4n) is 5.60. The number of piperidine rings is 1. The first-order valence-corrected chi connectivity index (χ1v) is 8.87. The molecule has 0 N–H and O–H groups in total. The molecule has 1 saturated carbocycles. The van der Waals surface area contributed by atoms with E-state index in [1.165, 1.54) is 32.2 Å². The van der Waals surface area contributed by atoms with E-state index in [-0.39, 0.29) is 0 Å². The Morgan fingerprint density at radius 1 is 1.00 bits per heavy atom. The first-order valence-electron chi connectivity index (χ1n) is 8.87. The van der Waals surface area contributed by atoms with E-state index in [2.05, 4.69) is 46.4 Å². The number of hydrogen-bond acceptors (Lipinski definition) is 1. The summed E-state index contributed by atoms with van der Waals surface area (Å²) in [4.78, 5) is 2.78. The maximum atomic E-state index is 2.78. The third-order valence-corrected chi connectivity index (χ3v) is 6.37. The van der Waals surface area contributed by atoms with Crippen molar-refractivity contribution in [3.63, 3.8) is 0 Å². The molecule has 2 aliphatic carbocycles. The standard InChI is InChI=1S/C19H33N/c1-12(2)15-7-8-19(18(15)13(3)4)9-10-20(14(5)6)17-11-16(17)19/h12-14,16-17H,7-11H2,1-6H3/t16-,17+,19+/m0/s1. The Labute approximate surface area is 125 Å². The maximum Gasteiger partial charge on any atom is 0.0139 e. The van der Waals surface area contributed by atoms with Crippen molar-refractivity contribution in [2.45, 2.75) is 79.3 Å². The minimum absolute atomic E-state index is 0.601. The molecule has 3 atom stereocenters. The number of rotatable bonds is 3. The highest BCUT2D eigenvalue weighted by Gasteiger charge is 2.61. The van der Waals surface area contributed by atoms with Crippen molar-refractivity contribution < 1.29 is 0 Å². The van der Waals surface area contributed by atoms with Crippen LogP contribution in [0.15, 0.2) is 11.1 Å². The van der Waals surface area contributed by atoms with Crippen molar-refractivity contribution in [2.75, 3.05) is 6.54 Å². The van der Waals surface area contributed by atoms with E-state index in [0.717, 1.165) is 29.8 Å². The summed E-state index contributed by atoms with van der Waals surface area (Å²) in [6, 6.07) is 1.64. The Bertz CT molecular complexity index is 417. The van der Waals surface area contributed by atoms with E-state index in [0.29, 0.717) is 5.41 Å². The zero-order chi connectivity index (χ0) is 14.7. The summed E-state index contributed by atoms with van der Waals surface area (Å²) in [5, 5.41) is 0. The monoisotopic (exact) mass is 275 g/mol. The first-order chi connectivity index (χ1) is 9.38. The SMILES string of the molecule is CC(C)C1=C(C(C)C)[C@]2(CC1)CCN(C(C)C)[C@@H]1C[C@@H]12. The van der Waals surface area contributed by atoms with Crippen LogP contribution in [-0.4, -0.2) is 23.5 Å². The Hall–Kier alpha value is -0.300. The van der Waals surface area contributed by atoms with Crippen LogP contribution in [0.1, 0.15) is 67.2 Å². The van der Waals surface area contributed by atoms with Gasteiger partial charge in [0, 0.05) is 12.1 Å². The van der Waals surface area contributed by atoms with Crippen molar-refractivity contribution >= 4 is 0 Å². The van der Waals surface area contributed by atoms with Crippen LogP contribution in [0.5, 0.6) is 0 Å². The molecule has 1 heteroatoms. The van der Waals surface area contributed by atoms with E-state index < -0.39 is 0 Å². The molecule has 1 saturated heterocycles. The molecule has 0 aromatic heterocycles. The van der Waals surface area contributed by atoms with Gasteiger partial charge in [0.1, 0.15) is 0 Å². The van der Waals surface area contributed by atoms with Crippen LogP contribution in [-0.2, 0) is 0 Å². The van der Waals surface area contributed by atoms with Crippen LogP contribution < -0.4 is 0 Å². The van der Waals surface area contributed by atoms with E-state index in [1.807, 2.05) is 11.1 Å². The molecule has 1 aliphatic heterocycles. The van der Waals surface area contributed by atoms with Gasteiger partial charge < -0.3 is 0 Å². The second-order valence-corrected chi connectivity index (χ2v) is 8.40. The van der Waals surface area contributed by atoms with Crippen molar-refractivity contribution in [1.29, 1.82) is 0 Å². The largest absolute Gasteiger partial charge is 0.298 e. The molecule has 0 radical (unpaired) electrons. The summed E-state index contributed by atoms with van der Waals surface area (Å²) in [5.41, 5.74) is 4.32. The predicted molar refractivity (Wildman–Crippen MR) is 86.7 cm³/mol. The Kier molecular flexibility index (Phi) is 3.56. The summed E-state index contributed by atoms with van der Waals surface area (Å²) < 4.78 is 0. The van der Waals surface area contributed by atoms with Gasteiger partial charge in [-0.3, -0.25) is 4.90 Å². The molecule has 114 valence electrons. The Morgan fingerprint density at radius 3 is 2.25 bits per heavy atom. The molecular formula is C19H33N. The van der Waals surface area contributed by atoms with Crippen LogP contribution in [0.25, 0.3) is 0 Å². The summed E-state index contributed by atoms with van der Waals surface area (Å²) in [6.45, 7) is 15.8. The lowest BCUT2D eigenvalue weighted by atomic mass is 9.68. The van der Waals surface area contributed by atoms with Crippen LogP contribution in [0, 0.1) is 23.2 Å². The van der Waals surface area contributed by atoms with Gasteiger partial charge in [-0.05, 0) is 69.2 Å². The average Bonchev–Trinajstić information content (AvgIpc) is 3.05. The molecule has 0 aromatic carbocycles. The van der Waals surface area contributed by atoms with E-state index in [9.17, 15) is 0 Å². The summed E-state index contributed by atoms with van der Waals surface area (Å²) >= 11 is 0. The van der Waals surface area contributed by atoms with Crippen molar-refractivity contribution in [2.24, 2.45) is 23.2 Å². The third kappa shape index (κ3) is 2.00. The van der Waals surface area contributed by atoms with Gasteiger partial charge in [-0.2, -0.15) is 0 Å². The van der Waals surface area contributed by atoms with E-state index in [4.69, 9.17) is 0 Å².